The second kappa shape index (κ2) is 5.75. The molecule has 78 valence electrons. The van der Waals surface area contributed by atoms with Crippen molar-refractivity contribution < 1.29 is 13.9 Å². The van der Waals surface area contributed by atoms with Gasteiger partial charge in [0.15, 0.2) is 9.76 Å². The van der Waals surface area contributed by atoms with E-state index in [0.717, 1.165) is 19.3 Å². The molecule has 3 nitrogen and oxygen atoms in total. The first-order chi connectivity index (χ1) is 6.18. The van der Waals surface area contributed by atoms with E-state index in [9.17, 15) is 0 Å². The third-order valence-electron chi connectivity index (χ3n) is 1.94. The van der Waals surface area contributed by atoms with Crippen molar-refractivity contribution in [1.29, 1.82) is 0 Å². The summed E-state index contributed by atoms with van der Waals surface area (Å²) in [7, 11) is -0.374. The average molecular weight is 204 g/mol. The third-order valence-corrected chi connectivity index (χ3v) is 3.90. The summed E-state index contributed by atoms with van der Waals surface area (Å²) in [5.41, 5.74) is 0. The van der Waals surface area contributed by atoms with Crippen molar-refractivity contribution in [1.82, 2.24) is 0 Å². The van der Waals surface area contributed by atoms with Gasteiger partial charge in [-0.25, -0.2) is 0 Å². The van der Waals surface area contributed by atoms with Crippen LogP contribution in [-0.4, -0.2) is 41.3 Å². The molecule has 1 fully saturated rings. The van der Waals surface area contributed by atoms with Crippen molar-refractivity contribution in [2.75, 3.05) is 13.2 Å². The Labute approximate surface area is 82.7 Å². The molecule has 0 spiro atoms. The van der Waals surface area contributed by atoms with Gasteiger partial charge in [0.2, 0.25) is 0 Å². The highest BCUT2D eigenvalue weighted by Gasteiger charge is 2.23. The Hall–Kier alpha value is 0.0969. The van der Waals surface area contributed by atoms with E-state index in [1.807, 2.05) is 0 Å². The van der Waals surface area contributed by atoms with E-state index >= 15 is 0 Å². The molecule has 0 radical (unpaired) electrons. The molecule has 2 atom stereocenters. The molecule has 0 amide bonds. The Kier molecular flexibility index (Phi) is 4.94. The van der Waals surface area contributed by atoms with Gasteiger partial charge in [0.05, 0.1) is 19.3 Å². The standard InChI is InChI=1S/C9H20O3Si/c1-7(2)12-13-6-8(3)10-4-9-5-11-9/h7-9H,4-6,13H2,1-3H3. The molecule has 1 aliphatic rings. The Morgan fingerprint density at radius 1 is 1.46 bits per heavy atom. The van der Waals surface area contributed by atoms with Crippen LogP contribution in [0.3, 0.4) is 0 Å². The van der Waals surface area contributed by atoms with Crippen LogP contribution in [0, 0.1) is 0 Å². The monoisotopic (exact) mass is 204 g/mol. The van der Waals surface area contributed by atoms with Crippen LogP contribution in [0.1, 0.15) is 20.8 Å². The van der Waals surface area contributed by atoms with Crippen LogP contribution in [-0.2, 0) is 13.9 Å². The molecule has 13 heavy (non-hydrogen) atoms. The molecule has 0 aromatic rings. The zero-order valence-corrected chi connectivity index (χ0v) is 10.2. The van der Waals surface area contributed by atoms with Crippen LogP contribution < -0.4 is 0 Å². The minimum atomic E-state index is -0.374. The SMILES string of the molecule is CC(C)O[SiH2]CC(C)OCC1CO1. The van der Waals surface area contributed by atoms with Crippen LogP contribution in [0.25, 0.3) is 0 Å². The number of epoxide rings is 1. The van der Waals surface area contributed by atoms with E-state index in [0.29, 0.717) is 18.3 Å². The van der Waals surface area contributed by atoms with Crippen molar-refractivity contribution in [3.05, 3.63) is 0 Å². The molecule has 1 rings (SSSR count). The van der Waals surface area contributed by atoms with Gasteiger partial charge in [-0.3, -0.25) is 0 Å². The summed E-state index contributed by atoms with van der Waals surface area (Å²) in [5.74, 6) is 0. The first kappa shape index (κ1) is 11.2. The average Bonchev–Trinajstić information content (AvgIpc) is 2.83. The van der Waals surface area contributed by atoms with E-state index in [1.54, 1.807) is 0 Å². The van der Waals surface area contributed by atoms with Crippen LogP contribution in [0.5, 0.6) is 0 Å². The molecule has 2 unspecified atom stereocenters. The lowest BCUT2D eigenvalue weighted by Crippen LogP contribution is -2.17. The molecule has 0 saturated carbocycles. The fourth-order valence-corrected chi connectivity index (χ4v) is 2.09. The van der Waals surface area contributed by atoms with Crippen LogP contribution in [0.15, 0.2) is 0 Å². The maximum absolute atomic E-state index is 5.58. The summed E-state index contributed by atoms with van der Waals surface area (Å²) >= 11 is 0. The highest BCUT2D eigenvalue weighted by atomic mass is 28.2. The van der Waals surface area contributed by atoms with Gasteiger partial charge in [0.25, 0.3) is 0 Å². The van der Waals surface area contributed by atoms with Gasteiger partial charge in [-0.1, -0.05) is 0 Å². The lowest BCUT2D eigenvalue weighted by Gasteiger charge is -2.13. The molecule has 1 saturated heterocycles. The normalized spacial score (nSPS) is 24.5. The summed E-state index contributed by atoms with van der Waals surface area (Å²) in [6.07, 6.45) is 1.11. The predicted octanol–water partition coefficient (Wildman–Crippen LogP) is 0.717. The quantitative estimate of drug-likeness (QED) is 0.452. The molecule has 0 bridgehead atoms. The van der Waals surface area contributed by atoms with Crippen LogP contribution in [0.4, 0.5) is 0 Å². The number of hydrogen-bond acceptors (Lipinski definition) is 3. The summed E-state index contributed by atoms with van der Waals surface area (Å²) in [5, 5.41) is 0. The number of hydrogen-bond donors (Lipinski definition) is 0. The van der Waals surface area contributed by atoms with Crippen molar-refractivity contribution in [3.8, 4) is 0 Å². The lowest BCUT2D eigenvalue weighted by molar-refractivity contribution is 0.0637. The fourth-order valence-electron chi connectivity index (χ4n) is 0.989. The zero-order chi connectivity index (χ0) is 9.68. The van der Waals surface area contributed by atoms with Crippen molar-refractivity contribution in [2.45, 2.75) is 45.1 Å². The Balaban J connectivity index is 1.87. The third kappa shape index (κ3) is 6.21. The van der Waals surface area contributed by atoms with Gasteiger partial charge in [-0.15, -0.1) is 0 Å². The summed E-state index contributed by atoms with van der Waals surface area (Å²) in [4.78, 5) is 0. The van der Waals surface area contributed by atoms with Crippen molar-refractivity contribution in [3.63, 3.8) is 0 Å². The molecule has 1 aliphatic heterocycles. The van der Waals surface area contributed by atoms with Gasteiger partial charge in [0, 0.05) is 6.10 Å². The second-order valence-corrected chi connectivity index (χ2v) is 5.13. The highest BCUT2D eigenvalue weighted by Crippen LogP contribution is 2.10. The van der Waals surface area contributed by atoms with Crippen molar-refractivity contribution in [2.24, 2.45) is 0 Å². The van der Waals surface area contributed by atoms with E-state index < -0.39 is 0 Å². The van der Waals surface area contributed by atoms with Gasteiger partial charge in [-0.05, 0) is 26.8 Å². The number of ether oxygens (including phenoxy) is 2. The van der Waals surface area contributed by atoms with E-state index in [1.165, 1.54) is 0 Å². The van der Waals surface area contributed by atoms with Gasteiger partial charge < -0.3 is 13.9 Å². The highest BCUT2D eigenvalue weighted by molar-refractivity contribution is 6.27. The van der Waals surface area contributed by atoms with Gasteiger partial charge in [0.1, 0.15) is 6.10 Å². The molecule has 0 N–H and O–H groups in total. The molecular weight excluding hydrogens is 184 g/mol. The van der Waals surface area contributed by atoms with Crippen LogP contribution >= 0.6 is 0 Å². The first-order valence-electron chi connectivity index (χ1n) is 5.03. The lowest BCUT2D eigenvalue weighted by atomic mass is 10.4. The van der Waals surface area contributed by atoms with E-state index in [2.05, 4.69) is 20.8 Å². The molecule has 1 heterocycles. The minimum Gasteiger partial charge on any atom is -0.422 e. The van der Waals surface area contributed by atoms with Gasteiger partial charge in [-0.2, -0.15) is 0 Å². The topological polar surface area (TPSA) is 31.0 Å². The minimum absolute atomic E-state index is 0.342. The molecule has 0 aromatic heterocycles. The van der Waals surface area contributed by atoms with E-state index in [4.69, 9.17) is 13.9 Å². The second-order valence-electron chi connectivity index (χ2n) is 3.81. The zero-order valence-electron chi connectivity index (χ0n) is 8.79. The molecule has 0 aromatic carbocycles. The van der Waals surface area contributed by atoms with Gasteiger partial charge >= 0.3 is 0 Å². The maximum atomic E-state index is 5.58. The first-order valence-corrected chi connectivity index (χ1v) is 6.61. The summed E-state index contributed by atoms with van der Waals surface area (Å²) < 4.78 is 16.2. The fraction of sp³-hybridized carbons (Fsp3) is 1.00. The Morgan fingerprint density at radius 3 is 2.69 bits per heavy atom. The van der Waals surface area contributed by atoms with Crippen molar-refractivity contribution >= 4 is 9.76 Å². The summed E-state index contributed by atoms with van der Waals surface area (Å²) in [6, 6.07) is 1.10. The smallest absolute Gasteiger partial charge is 0.164 e. The largest absolute Gasteiger partial charge is 0.422 e. The number of rotatable bonds is 7. The Morgan fingerprint density at radius 2 is 2.15 bits per heavy atom. The maximum Gasteiger partial charge on any atom is 0.164 e. The Bertz CT molecular complexity index is 137. The van der Waals surface area contributed by atoms with E-state index in [-0.39, 0.29) is 9.76 Å². The summed E-state index contributed by atoms with van der Waals surface area (Å²) in [6.45, 7) is 7.91. The molecule has 0 aliphatic carbocycles. The molecular formula is C9H20O3Si. The van der Waals surface area contributed by atoms with Crippen LogP contribution in [0.2, 0.25) is 6.04 Å². The predicted molar refractivity (Wildman–Crippen MR) is 54.7 cm³/mol. The molecule has 4 heteroatoms.